The van der Waals surface area contributed by atoms with Gasteiger partial charge in [0.2, 0.25) is 5.91 Å². The molecule has 0 spiro atoms. The molecular weight excluding hydrogens is 624 g/mol. The van der Waals surface area contributed by atoms with E-state index in [-0.39, 0.29) is 49.6 Å². The van der Waals surface area contributed by atoms with E-state index >= 15 is 0 Å². The summed E-state index contributed by atoms with van der Waals surface area (Å²) in [7, 11) is 0. The van der Waals surface area contributed by atoms with E-state index in [1.54, 1.807) is 0 Å². The van der Waals surface area contributed by atoms with Gasteiger partial charge in [-0.2, -0.15) is 0 Å². The predicted octanol–water partition coefficient (Wildman–Crippen LogP) is 6.07. The number of nitrogens with one attached hydrogen (secondary N) is 1. The standard InChI is InChI=1S/C39H48N2O8/c1-39(2,3)49-37(46)33-10-7-21-41(33)24-31-22-34(28-15-13-26(25-42)14-16-28)48-38(47-31)29-19-17-27(18-20-29)32-9-5-4-8-30(32)23-40-35(43)11-6-12-36(44)45/h4-5,8-9,13-20,31,33-34,38,42H,6-7,10-12,21-25H2,1-3H3,(H,40,43)(H,44,45)/t31-,33+,34+,38+/m1/s1. The molecule has 2 aliphatic rings. The van der Waals surface area contributed by atoms with Crippen LogP contribution < -0.4 is 5.32 Å². The molecule has 2 heterocycles. The van der Waals surface area contributed by atoms with Crippen molar-refractivity contribution in [2.45, 2.75) is 103 Å². The molecule has 2 aliphatic heterocycles. The van der Waals surface area contributed by atoms with E-state index in [0.717, 1.165) is 52.8 Å². The van der Waals surface area contributed by atoms with Crippen molar-refractivity contribution in [2.75, 3.05) is 13.1 Å². The molecular formula is C39H48N2O8. The minimum Gasteiger partial charge on any atom is -0.481 e. The van der Waals surface area contributed by atoms with Crippen LogP contribution in [0.25, 0.3) is 11.1 Å². The molecule has 1 amide bonds. The molecule has 3 aromatic rings. The van der Waals surface area contributed by atoms with Gasteiger partial charge in [-0.15, -0.1) is 0 Å². The average Bonchev–Trinajstić information content (AvgIpc) is 3.55. The van der Waals surface area contributed by atoms with E-state index in [1.807, 2.05) is 93.6 Å². The highest BCUT2D eigenvalue weighted by atomic mass is 16.7. The number of aliphatic hydroxyl groups excluding tert-OH is 1. The molecule has 0 saturated carbocycles. The van der Waals surface area contributed by atoms with Crippen LogP contribution in [0.4, 0.5) is 0 Å². The summed E-state index contributed by atoms with van der Waals surface area (Å²) in [5, 5.41) is 21.3. The van der Waals surface area contributed by atoms with Gasteiger partial charge in [-0.25, -0.2) is 0 Å². The smallest absolute Gasteiger partial charge is 0.323 e. The zero-order valence-corrected chi connectivity index (χ0v) is 28.6. The Morgan fingerprint density at radius 3 is 2.35 bits per heavy atom. The maximum atomic E-state index is 13.1. The van der Waals surface area contributed by atoms with Gasteiger partial charge in [0, 0.05) is 37.9 Å². The maximum absolute atomic E-state index is 13.1. The Hall–Kier alpha value is -4.09. The van der Waals surface area contributed by atoms with Crippen molar-refractivity contribution in [3.8, 4) is 11.1 Å². The summed E-state index contributed by atoms with van der Waals surface area (Å²) < 4.78 is 18.9. The highest BCUT2D eigenvalue weighted by Crippen LogP contribution is 2.39. The van der Waals surface area contributed by atoms with E-state index in [4.69, 9.17) is 19.3 Å². The van der Waals surface area contributed by atoms with Gasteiger partial charge in [0.25, 0.3) is 0 Å². The summed E-state index contributed by atoms with van der Waals surface area (Å²) in [5.41, 5.74) is 5.03. The number of amides is 1. The molecule has 2 fully saturated rings. The zero-order chi connectivity index (χ0) is 35.0. The van der Waals surface area contributed by atoms with Crippen molar-refractivity contribution in [1.29, 1.82) is 0 Å². The van der Waals surface area contributed by atoms with E-state index in [9.17, 15) is 19.5 Å². The lowest BCUT2D eigenvalue weighted by Gasteiger charge is -2.38. The predicted molar refractivity (Wildman–Crippen MR) is 184 cm³/mol. The second kappa shape index (κ2) is 16.5. The third-order valence-corrected chi connectivity index (χ3v) is 8.88. The summed E-state index contributed by atoms with van der Waals surface area (Å²) in [4.78, 5) is 38.3. The fourth-order valence-electron chi connectivity index (χ4n) is 6.43. The lowest BCUT2D eigenvalue weighted by molar-refractivity contribution is -0.253. The van der Waals surface area contributed by atoms with Crippen LogP contribution in [0, 0.1) is 0 Å². The molecule has 2 saturated heterocycles. The highest BCUT2D eigenvalue weighted by molar-refractivity contribution is 5.77. The van der Waals surface area contributed by atoms with Gasteiger partial charge in [-0.3, -0.25) is 19.3 Å². The monoisotopic (exact) mass is 672 g/mol. The first-order valence-electron chi connectivity index (χ1n) is 17.1. The Morgan fingerprint density at radius 2 is 1.65 bits per heavy atom. The Balaban J connectivity index is 1.31. The maximum Gasteiger partial charge on any atom is 0.323 e. The van der Waals surface area contributed by atoms with E-state index in [1.165, 1.54) is 0 Å². The van der Waals surface area contributed by atoms with Crippen LogP contribution in [-0.4, -0.2) is 63.8 Å². The molecule has 3 aromatic carbocycles. The number of carbonyl (C=O) groups excluding carboxylic acids is 2. The molecule has 0 unspecified atom stereocenters. The van der Waals surface area contributed by atoms with Crippen molar-refractivity contribution in [2.24, 2.45) is 0 Å². The van der Waals surface area contributed by atoms with Crippen molar-refractivity contribution in [3.05, 3.63) is 95.1 Å². The first-order chi connectivity index (χ1) is 23.5. The summed E-state index contributed by atoms with van der Waals surface area (Å²) in [6, 6.07) is 23.4. The molecule has 10 heteroatoms. The van der Waals surface area contributed by atoms with Crippen molar-refractivity contribution in [3.63, 3.8) is 0 Å². The van der Waals surface area contributed by atoms with Crippen LogP contribution in [0.2, 0.25) is 0 Å². The van der Waals surface area contributed by atoms with Gasteiger partial charge in [-0.1, -0.05) is 72.8 Å². The summed E-state index contributed by atoms with van der Waals surface area (Å²) >= 11 is 0. The largest absolute Gasteiger partial charge is 0.481 e. The Kier molecular flexibility index (Phi) is 12.2. The Labute approximate surface area is 288 Å². The van der Waals surface area contributed by atoms with Gasteiger partial charge < -0.3 is 29.7 Å². The van der Waals surface area contributed by atoms with Gasteiger partial charge in [0.1, 0.15) is 11.6 Å². The van der Waals surface area contributed by atoms with Gasteiger partial charge in [0.05, 0.1) is 18.8 Å². The number of rotatable bonds is 13. The number of aliphatic hydroxyl groups is 1. The number of carboxylic acid groups (broad SMARTS) is 1. The fraction of sp³-hybridized carbons (Fsp3) is 0.462. The second-order valence-corrected chi connectivity index (χ2v) is 13.8. The minimum absolute atomic E-state index is 0.0319. The van der Waals surface area contributed by atoms with Crippen LogP contribution >= 0.6 is 0 Å². The van der Waals surface area contributed by atoms with Crippen LogP contribution in [-0.2, 0) is 41.7 Å². The van der Waals surface area contributed by atoms with Crippen molar-refractivity contribution < 1.29 is 38.8 Å². The number of carboxylic acids is 1. The van der Waals surface area contributed by atoms with E-state index in [2.05, 4.69) is 10.2 Å². The lowest BCUT2D eigenvalue weighted by Crippen LogP contribution is -2.45. The summed E-state index contributed by atoms with van der Waals surface area (Å²) in [5.74, 6) is -1.29. The van der Waals surface area contributed by atoms with Crippen molar-refractivity contribution >= 4 is 17.8 Å². The molecule has 0 aliphatic carbocycles. The Bertz CT molecular complexity index is 1570. The lowest BCUT2D eigenvalue weighted by atomic mass is 9.97. The number of ether oxygens (including phenoxy) is 3. The number of nitrogens with zero attached hydrogens (tertiary/aromatic N) is 1. The first kappa shape index (κ1) is 36.2. The number of aliphatic carboxylic acids is 1. The first-order valence-corrected chi connectivity index (χ1v) is 17.1. The highest BCUT2D eigenvalue weighted by Gasteiger charge is 2.39. The summed E-state index contributed by atoms with van der Waals surface area (Å²) in [6.07, 6.45) is 1.61. The number of benzene rings is 3. The van der Waals surface area contributed by atoms with Gasteiger partial charge in [-0.05, 0) is 74.4 Å². The molecule has 0 bridgehead atoms. The second-order valence-electron chi connectivity index (χ2n) is 13.8. The zero-order valence-electron chi connectivity index (χ0n) is 28.6. The van der Waals surface area contributed by atoms with E-state index < -0.39 is 17.9 Å². The fourth-order valence-corrected chi connectivity index (χ4v) is 6.43. The molecule has 262 valence electrons. The third kappa shape index (κ3) is 10.2. The number of hydrogen-bond donors (Lipinski definition) is 3. The number of hydrogen-bond acceptors (Lipinski definition) is 8. The third-order valence-electron chi connectivity index (χ3n) is 8.88. The number of likely N-dealkylation sites (tertiary alicyclic amines) is 1. The number of carbonyl (C=O) groups is 3. The molecule has 5 rings (SSSR count). The SMILES string of the molecule is CC(C)(C)OC(=O)[C@@H]1CCCN1C[C@H]1C[C@@H](c2ccc(CO)cc2)O[C@@H](c2ccc(-c3ccccc3CNC(=O)CCCC(=O)O)cc2)O1. The Morgan fingerprint density at radius 1 is 0.939 bits per heavy atom. The van der Waals surface area contributed by atoms with Crippen molar-refractivity contribution in [1.82, 2.24) is 10.2 Å². The quantitative estimate of drug-likeness (QED) is 0.185. The van der Waals surface area contributed by atoms with Gasteiger partial charge >= 0.3 is 11.9 Å². The van der Waals surface area contributed by atoms with Crippen LogP contribution in [0.1, 0.15) is 93.9 Å². The molecule has 0 aromatic heterocycles. The normalized spacial score (nSPS) is 21.3. The van der Waals surface area contributed by atoms with Crippen LogP contribution in [0.5, 0.6) is 0 Å². The molecule has 10 nitrogen and oxygen atoms in total. The molecule has 49 heavy (non-hydrogen) atoms. The molecule has 3 N–H and O–H groups in total. The van der Waals surface area contributed by atoms with E-state index in [0.29, 0.717) is 25.9 Å². The van der Waals surface area contributed by atoms with Crippen LogP contribution in [0.3, 0.4) is 0 Å². The topological polar surface area (TPSA) is 135 Å². The minimum atomic E-state index is -0.910. The average molecular weight is 673 g/mol. The number of esters is 1. The molecule has 0 radical (unpaired) electrons. The van der Waals surface area contributed by atoms with Gasteiger partial charge in [0.15, 0.2) is 6.29 Å². The molecule has 4 atom stereocenters. The van der Waals surface area contributed by atoms with Crippen LogP contribution in [0.15, 0.2) is 72.8 Å². The summed E-state index contributed by atoms with van der Waals surface area (Å²) in [6.45, 7) is 7.33.